The number of terminal acetylenes is 1. The Labute approximate surface area is 78.1 Å². The van der Waals surface area contributed by atoms with E-state index in [0.717, 1.165) is 0 Å². The van der Waals surface area contributed by atoms with E-state index >= 15 is 0 Å². The lowest BCUT2D eigenvalue weighted by atomic mass is 10.2. The lowest BCUT2D eigenvalue weighted by molar-refractivity contribution is 0.247. The van der Waals surface area contributed by atoms with Crippen LogP contribution in [0.3, 0.4) is 0 Å². The molecule has 0 unspecified atom stereocenters. The Morgan fingerprint density at radius 2 is 2.31 bits per heavy atom. The van der Waals surface area contributed by atoms with Crippen molar-refractivity contribution in [1.82, 2.24) is 0 Å². The van der Waals surface area contributed by atoms with Crippen molar-refractivity contribution in [3.05, 3.63) is 11.5 Å². The van der Waals surface area contributed by atoms with E-state index in [9.17, 15) is 0 Å². The Hall–Kier alpha value is -1.47. The van der Waals surface area contributed by atoms with E-state index in [1.165, 1.54) is 0 Å². The average molecular weight is 182 g/mol. The minimum absolute atomic E-state index is 0.117. The summed E-state index contributed by atoms with van der Waals surface area (Å²) < 4.78 is 4.97. The summed E-state index contributed by atoms with van der Waals surface area (Å²) in [6.07, 6.45) is 4.99. The van der Waals surface area contributed by atoms with Crippen LogP contribution in [0.2, 0.25) is 0 Å². The smallest absolute Gasteiger partial charge is 0.190 e. The van der Waals surface area contributed by atoms with E-state index in [1.54, 1.807) is 14.0 Å². The van der Waals surface area contributed by atoms with Crippen LogP contribution in [0.5, 0.6) is 0 Å². The van der Waals surface area contributed by atoms with Gasteiger partial charge >= 0.3 is 0 Å². The molecule has 0 aliphatic rings. The second-order valence-electron chi connectivity index (χ2n) is 2.31. The summed E-state index contributed by atoms with van der Waals surface area (Å²) in [5.41, 5.74) is 6.63. The summed E-state index contributed by atoms with van der Waals surface area (Å²) in [4.78, 5) is 3.83. The summed E-state index contributed by atoms with van der Waals surface area (Å²) in [7, 11) is 1.57. The molecule has 0 aliphatic carbocycles. The van der Waals surface area contributed by atoms with Crippen molar-refractivity contribution in [3.8, 4) is 12.3 Å². The van der Waals surface area contributed by atoms with Crippen molar-refractivity contribution in [2.24, 2.45) is 10.7 Å². The first kappa shape index (κ1) is 11.5. The molecule has 72 valence electrons. The normalized spacial score (nSPS) is 13.2. The number of ether oxygens (including phenoxy) is 1. The Balaban J connectivity index is 4.51. The van der Waals surface area contributed by atoms with Crippen molar-refractivity contribution in [2.45, 2.75) is 6.92 Å². The monoisotopic (exact) mass is 182 g/mol. The summed E-state index contributed by atoms with van der Waals surface area (Å²) in [5.74, 6) is 2.49. The van der Waals surface area contributed by atoms with E-state index in [0.29, 0.717) is 11.3 Å². The standard InChI is InChI=1S/C9H14N2O2/c1-4-5-13-9(10)7(2)8(6-12)11-3/h1,12H,5-6,10H2,2-3H3/b9-7+,11-8?. The van der Waals surface area contributed by atoms with Crippen LogP contribution in [0.1, 0.15) is 6.92 Å². The van der Waals surface area contributed by atoms with Crippen molar-refractivity contribution >= 4 is 5.71 Å². The Morgan fingerprint density at radius 3 is 2.69 bits per heavy atom. The van der Waals surface area contributed by atoms with Crippen LogP contribution in [-0.2, 0) is 4.74 Å². The Kier molecular flexibility index (Phi) is 5.40. The number of aliphatic hydroxyl groups is 1. The lowest BCUT2D eigenvalue weighted by Crippen LogP contribution is -2.14. The van der Waals surface area contributed by atoms with Gasteiger partial charge in [0, 0.05) is 12.6 Å². The lowest BCUT2D eigenvalue weighted by Gasteiger charge is -2.07. The minimum atomic E-state index is -0.164. The van der Waals surface area contributed by atoms with Gasteiger partial charge in [0.1, 0.15) is 6.61 Å². The fourth-order valence-electron chi connectivity index (χ4n) is 0.727. The molecule has 0 rings (SSSR count). The van der Waals surface area contributed by atoms with Gasteiger partial charge in [-0.05, 0) is 6.92 Å². The fourth-order valence-corrected chi connectivity index (χ4v) is 0.727. The highest BCUT2D eigenvalue weighted by molar-refractivity contribution is 6.00. The molecule has 4 heteroatoms. The van der Waals surface area contributed by atoms with E-state index in [1.807, 2.05) is 0 Å². The Bertz CT molecular complexity index is 261. The largest absolute Gasteiger partial charge is 0.466 e. The van der Waals surface area contributed by atoms with E-state index in [2.05, 4.69) is 10.9 Å². The van der Waals surface area contributed by atoms with Crippen molar-refractivity contribution < 1.29 is 9.84 Å². The van der Waals surface area contributed by atoms with Crippen LogP contribution in [0.15, 0.2) is 16.4 Å². The van der Waals surface area contributed by atoms with Crippen molar-refractivity contribution in [1.29, 1.82) is 0 Å². The molecule has 0 heterocycles. The molecule has 0 amide bonds. The van der Waals surface area contributed by atoms with Crippen LogP contribution in [0.25, 0.3) is 0 Å². The molecule has 3 N–H and O–H groups in total. The molecule has 0 bridgehead atoms. The number of aliphatic hydroxyl groups excluding tert-OH is 1. The number of nitrogens with two attached hydrogens (primary N) is 1. The first-order valence-corrected chi connectivity index (χ1v) is 3.76. The maximum absolute atomic E-state index is 8.85. The molecule has 0 saturated carbocycles. The number of rotatable bonds is 4. The molecule has 13 heavy (non-hydrogen) atoms. The third-order valence-electron chi connectivity index (χ3n) is 1.53. The third-order valence-corrected chi connectivity index (χ3v) is 1.53. The molecule has 0 fully saturated rings. The molecule has 0 saturated heterocycles. The van der Waals surface area contributed by atoms with Gasteiger partial charge in [-0.15, -0.1) is 6.42 Å². The molecular formula is C9H14N2O2. The first-order chi connectivity index (χ1) is 6.17. The quantitative estimate of drug-likeness (QED) is 0.362. The fraction of sp³-hybridized carbons (Fsp3) is 0.444. The van der Waals surface area contributed by atoms with Crippen LogP contribution in [-0.4, -0.2) is 31.1 Å². The van der Waals surface area contributed by atoms with Gasteiger partial charge in [0.15, 0.2) is 5.88 Å². The zero-order valence-corrected chi connectivity index (χ0v) is 7.87. The summed E-state index contributed by atoms with van der Waals surface area (Å²) in [6.45, 7) is 1.67. The average Bonchev–Trinajstić information content (AvgIpc) is 2.15. The molecule has 0 aliphatic heterocycles. The Morgan fingerprint density at radius 1 is 1.69 bits per heavy atom. The number of nitrogens with zero attached hydrogens (tertiary/aromatic N) is 1. The zero-order chi connectivity index (χ0) is 10.3. The molecule has 0 aromatic heterocycles. The van der Waals surface area contributed by atoms with Crippen LogP contribution < -0.4 is 5.73 Å². The number of hydrogen-bond acceptors (Lipinski definition) is 4. The van der Waals surface area contributed by atoms with Gasteiger partial charge in [-0.25, -0.2) is 0 Å². The predicted octanol–water partition coefficient (Wildman–Crippen LogP) is -0.110. The van der Waals surface area contributed by atoms with Gasteiger partial charge in [0.2, 0.25) is 0 Å². The zero-order valence-electron chi connectivity index (χ0n) is 7.87. The summed E-state index contributed by atoms with van der Waals surface area (Å²) in [6, 6.07) is 0. The number of aliphatic imine (C=N–C) groups is 1. The molecule has 0 spiro atoms. The molecule has 0 radical (unpaired) electrons. The van der Waals surface area contributed by atoms with Gasteiger partial charge in [0.05, 0.1) is 12.3 Å². The molecule has 4 nitrogen and oxygen atoms in total. The van der Waals surface area contributed by atoms with Gasteiger partial charge in [-0.2, -0.15) is 0 Å². The molecule has 0 atom stereocenters. The van der Waals surface area contributed by atoms with Crippen LogP contribution in [0, 0.1) is 12.3 Å². The van der Waals surface area contributed by atoms with E-state index in [4.69, 9.17) is 22.0 Å². The maximum Gasteiger partial charge on any atom is 0.190 e. The van der Waals surface area contributed by atoms with Crippen molar-refractivity contribution in [3.63, 3.8) is 0 Å². The third kappa shape index (κ3) is 3.63. The van der Waals surface area contributed by atoms with Crippen LogP contribution >= 0.6 is 0 Å². The van der Waals surface area contributed by atoms with Gasteiger partial charge < -0.3 is 15.6 Å². The highest BCUT2D eigenvalue weighted by Crippen LogP contribution is 2.02. The number of hydrogen-bond donors (Lipinski definition) is 2. The maximum atomic E-state index is 8.85. The minimum Gasteiger partial charge on any atom is -0.466 e. The summed E-state index contributed by atoms with van der Waals surface area (Å²) >= 11 is 0. The topological polar surface area (TPSA) is 67.8 Å². The highest BCUT2D eigenvalue weighted by atomic mass is 16.5. The first-order valence-electron chi connectivity index (χ1n) is 3.76. The van der Waals surface area contributed by atoms with E-state index < -0.39 is 0 Å². The predicted molar refractivity (Wildman–Crippen MR) is 52.1 cm³/mol. The molecular weight excluding hydrogens is 168 g/mol. The second-order valence-corrected chi connectivity index (χ2v) is 2.31. The van der Waals surface area contributed by atoms with E-state index in [-0.39, 0.29) is 19.1 Å². The van der Waals surface area contributed by atoms with Gasteiger partial charge in [0.25, 0.3) is 0 Å². The SMILES string of the molecule is C#CCO/C(N)=C(\C)C(CO)=NC. The summed E-state index contributed by atoms with van der Waals surface area (Å²) in [5, 5.41) is 8.85. The van der Waals surface area contributed by atoms with Crippen molar-refractivity contribution in [2.75, 3.05) is 20.3 Å². The highest BCUT2D eigenvalue weighted by Gasteiger charge is 2.05. The second kappa shape index (κ2) is 6.09. The van der Waals surface area contributed by atoms with Crippen LogP contribution in [0.4, 0.5) is 0 Å². The van der Waals surface area contributed by atoms with Gasteiger partial charge in [-0.1, -0.05) is 5.92 Å². The van der Waals surface area contributed by atoms with Gasteiger partial charge in [-0.3, -0.25) is 4.99 Å². The molecule has 0 aromatic rings. The molecule has 0 aromatic carbocycles.